The van der Waals surface area contributed by atoms with Crippen LogP contribution in [0.4, 0.5) is 0 Å². The lowest BCUT2D eigenvalue weighted by Gasteiger charge is -2.11. The van der Waals surface area contributed by atoms with Gasteiger partial charge in [0.05, 0.1) is 5.52 Å². The van der Waals surface area contributed by atoms with Crippen LogP contribution in [0.25, 0.3) is 10.9 Å². The maximum Gasteiger partial charge on any atom is 0.0705 e. The summed E-state index contributed by atoms with van der Waals surface area (Å²) in [6.07, 6.45) is 1.30. The molecule has 0 spiro atoms. The first-order valence-electron chi connectivity index (χ1n) is 6.49. The van der Waals surface area contributed by atoms with Crippen LogP contribution in [0, 0.1) is 6.92 Å². The highest BCUT2D eigenvalue weighted by molar-refractivity contribution is 7.99. The van der Waals surface area contributed by atoms with E-state index in [1.54, 1.807) is 0 Å². The van der Waals surface area contributed by atoms with E-state index in [2.05, 4.69) is 40.6 Å². The number of hydrogen-bond donors (Lipinski definition) is 1. The van der Waals surface area contributed by atoms with Crippen molar-refractivity contribution in [2.75, 3.05) is 11.5 Å². The quantitative estimate of drug-likeness (QED) is 0.915. The van der Waals surface area contributed by atoms with Crippen LogP contribution < -0.4 is 5.32 Å². The van der Waals surface area contributed by atoms with E-state index >= 15 is 0 Å². The van der Waals surface area contributed by atoms with Crippen molar-refractivity contribution in [3.63, 3.8) is 0 Å². The molecule has 0 radical (unpaired) electrons. The van der Waals surface area contributed by atoms with Gasteiger partial charge in [-0.2, -0.15) is 11.8 Å². The topological polar surface area (TPSA) is 24.9 Å². The van der Waals surface area contributed by atoms with Gasteiger partial charge in [-0.05, 0) is 42.9 Å². The Morgan fingerprint density at radius 2 is 2.28 bits per heavy atom. The molecule has 1 fully saturated rings. The molecule has 0 saturated carbocycles. The van der Waals surface area contributed by atoms with Crippen molar-refractivity contribution in [2.24, 2.45) is 0 Å². The summed E-state index contributed by atoms with van der Waals surface area (Å²) in [4.78, 5) is 4.53. The second kappa shape index (κ2) is 5.29. The lowest BCUT2D eigenvalue weighted by Crippen LogP contribution is -2.27. The van der Waals surface area contributed by atoms with E-state index in [9.17, 15) is 0 Å². The van der Waals surface area contributed by atoms with Gasteiger partial charge in [-0.25, -0.2) is 0 Å². The third-order valence-electron chi connectivity index (χ3n) is 3.42. The monoisotopic (exact) mass is 258 g/mol. The van der Waals surface area contributed by atoms with Crippen LogP contribution >= 0.6 is 11.8 Å². The molecule has 1 atom stereocenters. The fourth-order valence-electron chi connectivity index (χ4n) is 2.34. The highest BCUT2D eigenvalue weighted by atomic mass is 32.2. The standard InChI is InChI=1S/C15H18N2S/c1-11-2-4-13-8-12(3-5-15(13)17-11)9-16-14-6-7-18-10-14/h2-5,8,14,16H,6-7,9-10H2,1H3. The van der Waals surface area contributed by atoms with Gasteiger partial charge in [0.1, 0.15) is 0 Å². The number of nitrogens with zero attached hydrogens (tertiary/aromatic N) is 1. The molecule has 1 saturated heterocycles. The molecule has 1 aromatic heterocycles. The molecule has 0 amide bonds. The highest BCUT2D eigenvalue weighted by Gasteiger charge is 2.14. The first kappa shape index (κ1) is 12.0. The van der Waals surface area contributed by atoms with Crippen LogP contribution in [-0.4, -0.2) is 22.5 Å². The number of hydrogen-bond acceptors (Lipinski definition) is 3. The molecule has 2 heterocycles. The van der Waals surface area contributed by atoms with E-state index in [0.29, 0.717) is 6.04 Å². The molecule has 1 aromatic carbocycles. The molecule has 1 aliphatic heterocycles. The number of thioether (sulfide) groups is 1. The Morgan fingerprint density at radius 1 is 1.33 bits per heavy atom. The number of aryl methyl sites for hydroxylation is 1. The van der Waals surface area contributed by atoms with E-state index in [0.717, 1.165) is 17.8 Å². The summed E-state index contributed by atoms with van der Waals surface area (Å²) >= 11 is 2.05. The van der Waals surface area contributed by atoms with Gasteiger partial charge in [0.2, 0.25) is 0 Å². The van der Waals surface area contributed by atoms with Crippen molar-refractivity contribution in [1.82, 2.24) is 10.3 Å². The largest absolute Gasteiger partial charge is 0.309 e. The number of rotatable bonds is 3. The normalized spacial score (nSPS) is 19.5. The predicted molar refractivity (Wildman–Crippen MR) is 79.0 cm³/mol. The maximum absolute atomic E-state index is 4.53. The Hall–Kier alpha value is -1.06. The molecule has 3 rings (SSSR count). The second-order valence-corrected chi connectivity index (χ2v) is 6.07. The molecule has 0 aliphatic carbocycles. The summed E-state index contributed by atoms with van der Waals surface area (Å²) in [5, 5.41) is 4.87. The van der Waals surface area contributed by atoms with Crippen molar-refractivity contribution < 1.29 is 0 Å². The van der Waals surface area contributed by atoms with Crippen LogP contribution in [0.15, 0.2) is 30.3 Å². The van der Waals surface area contributed by atoms with Crippen molar-refractivity contribution >= 4 is 22.7 Å². The van der Waals surface area contributed by atoms with Crippen LogP contribution in [0.5, 0.6) is 0 Å². The van der Waals surface area contributed by atoms with E-state index in [4.69, 9.17) is 0 Å². The van der Waals surface area contributed by atoms with Gasteiger partial charge < -0.3 is 5.32 Å². The summed E-state index contributed by atoms with van der Waals surface area (Å²) in [6, 6.07) is 11.5. The lowest BCUT2D eigenvalue weighted by atomic mass is 10.1. The summed E-state index contributed by atoms with van der Waals surface area (Å²) in [6.45, 7) is 3.00. The Morgan fingerprint density at radius 3 is 3.11 bits per heavy atom. The van der Waals surface area contributed by atoms with E-state index in [1.165, 1.54) is 28.9 Å². The van der Waals surface area contributed by atoms with Crippen LogP contribution in [0.2, 0.25) is 0 Å². The SMILES string of the molecule is Cc1ccc2cc(CNC3CCSC3)ccc2n1. The predicted octanol–water partition coefficient (Wildman–Crippen LogP) is 3.14. The molecule has 1 unspecified atom stereocenters. The lowest BCUT2D eigenvalue weighted by molar-refractivity contribution is 0.558. The average molecular weight is 258 g/mol. The highest BCUT2D eigenvalue weighted by Crippen LogP contribution is 2.18. The van der Waals surface area contributed by atoms with Gasteiger partial charge in [-0.15, -0.1) is 0 Å². The molecule has 94 valence electrons. The third-order valence-corrected chi connectivity index (χ3v) is 4.58. The van der Waals surface area contributed by atoms with Gasteiger partial charge in [0.15, 0.2) is 0 Å². The first-order valence-corrected chi connectivity index (χ1v) is 7.64. The second-order valence-electron chi connectivity index (χ2n) is 4.92. The average Bonchev–Trinajstić information content (AvgIpc) is 2.89. The van der Waals surface area contributed by atoms with Gasteiger partial charge in [0.25, 0.3) is 0 Å². The minimum absolute atomic E-state index is 0.696. The van der Waals surface area contributed by atoms with Crippen LogP contribution in [-0.2, 0) is 6.54 Å². The molecule has 2 aromatic rings. The maximum atomic E-state index is 4.53. The Bertz CT molecular complexity index is 547. The summed E-state index contributed by atoms with van der Waals surface area (Å²) in [7, 11) is 0. The number of benzene rings is 1. The fourth-order valence-corrected chi connectivity index (χ4v) is 3.53. The van der Waals surface area contributed by atoms with Crippen LogP contribution in [0.3, 0.4) is 0 Å². The first-order chi connectivity index (χ1) is 8.81. The van der Waals surface area contributed by atoms with Gasteiger partial charge in [-0.3, -0.25) is 4.98 Å². The summed E-state index contributed by atoms with van der Waals surface area (Å²) in [5.74, 6) is 2.56. The van der Waals surface area contributed by atoms with Crippen molar-refractivity contribution in [2.45, 2.75) is 25.9 Å². The molecule has 1 N–H and O–H groups in total. The van der Waals surface area contributed by atoms with Crippen molar-refractivity contribution in [1.29, 1.82) is 0 Å². The van der Waals surface area contributed by atoms with E-state index in [-0.39, 0.29) is 0 Å². The number of aromatic nitrogens is 1. The van der Waals surface area contributed by atoms with Gasteiger partial charge in [0, 0.05) is 29.4 Å². The van der Waals surface area contributed by atoms with Gasteiger partial charge >= 0.3 is 0 Å². The molecular formula is C15H18N2S. The molecule has 1 aliphatic rings. The Kier molecular flexibility index (Phi) is 3.52. The zero-order valence-corrected chi connectivity index (χ0v) is 11.5. The van der Waals surface area contributed by atoms with Crippen LogP contribution in [0.1, 0.15) is 17.7 Å². The Balaban J connectivity index is 1.74. The number of pyridine rings is 1. The van der Waals surface area contributed by atoms with E-state index < -0.39 is 0 Å². The minimum Gasteiger partial charge on any atom is -0.309 e. The zero-order valence-electron chi connectivity index (χ0n) is 10.6. The fraction of sp³-hybridized carbons (Fsp3) is 0.400. The van der Waals surface area contributed by atoms with Crippen molar-refractivity contribution in [3.05, 3.63) is 41.6 Å². The number of fused-ring (bicyclic) bond motifs is 1. The van der Waals surface area contributed by atoms with Crippen molar-refractivity contribution in [3.8, 4) is 0 Å². The van der Waals surface area contributed by atoms with E-state index in [1.807, 2.05) is 18.7 Å². The zero-order chi connectivity index (χ0) is 12.4. The molecule has 18 heavy (non-hydrogen) atoms. The Labute approximate surface area is 112 Å². The summed E-state index contributed by atoms with van der Waals surface area (Å²) in [5.41, 5.74) is 3.52. The molecule has 2 nitrogen and oxygen atoms in total. The molecule has 3 heteroatoms. The summed E-state index contributed by atoms with van der Waals surface area (Å²) < 4.78 is 0. The molecular weight excluding hydrogens is 240 g/mol. The molecule has 0 bridgehead atoms. The minimum atomic E-state index is 0.696. The van der Waals surface area contributed by atoms with Gasteiger partial charge in [-0.1, -0.05) is 12.1 Å². The third kappa shape index (κ3) is 2.68. The smallest absolute Gasteiger partial charge is 0.0705 e. The number of nitrogens with one attached hydrogen (secondary N) is 1.